The number of carboxylic acids is 1. The SMILES string of the molecule is O=C(O)c1cccc2c1[nH]c(=O)n2CCCC1CCCC1. The Bertz CT molecular complexity index is 708. The molecular weight excluding hydrogens is 268 g/mol. The molecule has 0 radical (unpaired) electrons. The van der Waals surface area contributed by atoms with Crippen LogP contribution in [0.3, 0.4) is 0 Å². The molecule has 1 aliphatic carbocycles. The number of imidazole rings is 1. The molecule has 0 saturated heterocycles. The van der Waals surface area contributed by atoms with Gasteiger partial charge in [-0.1, -0.05) is 31.7 Å². The lowest BCUT2D eigenvalue weighted by atomic mass is 10.0. The molecule has 0 amide bonds. The van der Waals surface area contributed by atoms with Crippen LogP contribution < -0.4 is 5.69 Å². The molecule has 1 aliphatic rings. The number of hydrogen-bond acceptors (Lipinski definition) is 2. The summed E-state index contributed by atoms with van der Waals surface area (Å²) in [6.07, 6.45) is 7.41. The van der Waals surface area contributed by atoms with Crippen LogP contribution >= 0.6 is 0 Å². The number of fused-ring (bicyclic) bond motifs is 1. The second-order valence-corrected chi connectivity index (χ2v) is 5.88. The van der Waals surface area contributed by atoms with E-state index in [1.165, 1.54) is 31.7 Å². The number of carbonyl (C=O) groups is 1. The average Bonchev–Trinajstić information content (AvgIpc) is 3.07. The van der Waals surface area contributed by atoms with Crippen LogP contribution in [-0.4, -0.2) is 20.6 Å². The molecule has 112 valence electrons. The maximum absolute atomic E-state index is 12.1. The molecule has 1 saturated carbocycles. The molecule has 1 aromatic heterocycles. The fourth-order valence-corrected chi connectivity index (χ4v) is 3.42. The zero-order valence-corrected chi connectivity index (χ0v) is 12.0. The maximum atomic E-state index is 12.1. The Kier molecular flexibility index (Phi) is 3.82. The molecule has 0 unspecified atom stereocenters. The highest BCUT2D eigenvalue weighted by molar-refractivity contribution is 6.00. The third-order valence-electron chi connectivity index (χ3n) is 4.51. The highest BCUT2D eigenvalue weighted by Crippen LogP contribution is 2.28. The smallest absolute Gasteiger partial charge is 0.337 e. The number of aromatic carboxylic acids is 1. The van der Waals surface area contributed by atoms with Gasteiger partial charge in [0, 0.05) is 6.54 Å². The highest BCUT2D eigenvalue weighted by atomic mass is 16.4. The van der Waals surface area contributed by atoms with E-state index in [9.17, 15) is 14.7 Å². The molecule has 0 aliphatic heterocycles. The van der Waals surface area contributed by atoms with Crippen molar-refractivity contribution in [3.8, 4) is 0 Å². The van der Waals surface area contributed by atoms with E-state index in [2.05, 4.69) is 4.98 Å². The molecule has 2 aromatic rings. The Hall–Kier alpha value is -2.04. The summed E-state index contributed by atoms with van der Waals surface area (Å²) in [6.45, 7) is 0.651. The van der Waals surface area contributed by atoms with Crippen LogP contribution in [0.5, 0.6) is 0 Å². The standard InChI is InChI=1S/C16H20N2O3/c19-15(20)12-8-3-9-13-14(12)17-16(21)18(13)10-4-7-11-5-1-2-6-11/h3,8-9,11H,1-2,4-7,10H2,(H,17,21)(H,19,20). The van der Waals surface area contributed by atoms with Crippen molar-refractivity contribution in [2.75, 3.05) is 0 Å². The summed E-state index contributed by atoms with van der Waals surface area (Å²) in [4.78, 5) is 25.9. The zero-order valence-electron chi connectivity index (χ0n) is 12.0. The number of para-hydroxylation sites is 1. The van der Waals surface area contributed by atoms with Crippen LogP contribution in [0.1, 0.15) is 48.9 Å². The number of aryl methyl sites for hydroxylation is 1. The number of nitrogens with one attached hydrogen (secondary N) is 1. The van der Waals surface area contributed by atoms with E-state index < -0.39 is 5.97 Å². The van der Waals surface area contributed by atoms with E-state index in [-0.39, 0.29) is 11.3 Å². The van der Waals surface area contributed by atoms with Gasteiger partial charge in [-0.2, -0.15) is 0 Å². The van der Waals surface area contributed by atoms with Crippen LogP contribution in [-0.2, 0) is 6.54 Å². The first kappa shape index (κ1) is 13.9. The van der Waals surface area contributed by atoms with Gasteiger partial charge in [0.1, 0.15) is 0 Å². The predicted molar refractivity (Wildman–Crippen MR) is 80.7 cm³/mol. The lowest BCUT2D eigenvalue weighted by molar-refractivity contribution is 0.0699. The molecule has 1 heterocycles. The van der Waals surface area contributed by atoms with Gasteiger partial charge in [0.05, 0.1) is 16.6 Å². The number of benzene rings is 1. The molecule has 3 rings (SSSR count). The fourth-order valence-electron chi connectivity index (χ4n) is 3.42. The molecule has 1 fully saturated rings. The number of H-pyrrole nitrogens is 1. The Morgan fingerprint density at radius 1 is 1.33 bits per heavy atom. The van der Waals surface area contributed by atoms with Gasteiger partial charge in [-0.15, -0.1) is 0 Å². The van der Waals surface area contributed by atoms with Gasteiger partial charge in [-0.25, -0.2) is 9.59 Å². The summed E-state index contributed by atoms with van der Waals surface area (Å²) in [5, 5.41) is 9.17. The van der Waals surface area contributed by atoms with Crippen LogP contribution in [0.15, 0.2) is 23.0 Å². The molecule has 0 atom stereocenters. The molecule has 0 bridgehead atoms. The van der Waals surface area contributed by atoms with Crippen LogP contribution in [0.25, 0.3) is 11.0 Å². The lowest BCUT2D eigenvalue weighted by Crippen LogP contribution is -2.17. The minimum Gasteiger partial charge on any atom is -0.478 e. The Balaban J connectivity index is 1.81. The van der Waals surface area contributed by atoms with Crippen molar-refractivity contribution >= 4 is 17.0 Å². The van der Waals surface area contributed by atoms with Gasteiger partial charge in [-0.3, -0.25) is 4.57 Å². The lowest BCUT2D eigenvalue weighted by Gasteiger charge is -2.09. The normalized spacial score (nSPS) is 15.8. The highest BCUT2D eigenvalue weighted by Gasteiger charge is 2.16. The fraction of sp³-hybridized carbons (Fsp3) is 0.500. The van der Waals surface area contributed by atoms with Crippen LogP contribution in [0.2, 0.25) is 0 Å². The summed E-state index contributed by atoms with van der Waals surface area (Å²) in [5.74, 6) is -0.208. The van der Waals surface area contributed by atoms with Crippen molar-refractivity contribution in [2.45, 2.75) is 45.1 Å². The molecule has 2 N–H and O–H groups in total. The van der Waals surface area contributed by atoms with Crippen molar-refractivity contribution in [3.05, 3.63) is 34.2 Å². The Morgan fingerprint density at radius 2 is 2.10 bits per heavy atom. The van der Waals surface area contributed by atoms with E-state index in [0.717, 1.165) is 18.8 Å². The minimum atomic E-state index is -1.01. The third kappa shape index (κ3) is 2.73. The van der Waals surface area contributed by atoms with Gasteiger partial charge in [0.15, 0.2) is 0 Å². The first-order valence-corrected chi connectivity index (χ1v) is 7.61. The van der Waals surface area contributed by atoms with Gasteiger partial charge in [0.25, 0.3) is 0 Å². The minimum absolute atomic E-state index is 0.152. The van der Waals surface area contributed by atoms with E-state index in [4.69, 9.17) is 0 Å². The monoisotopic (exact) mass is 288 g/mol. The first-order valence-electron chi connectivity index (χ1n) is 7.61. The van der Waals surface area contributed by atoms with Crippen molar-refractivity contribution in [1.29, 1.82) is 0 Å². The summed E-state index contributed by atoms with van der Waals surface area (Å²) in [7, 11) is 0. The number of nitrogens with zero attached hydrogens (tertiary/aromatic N) is 1. The maximum Gasteiger partial charge on any atom is 0.337 e. The van der Waals surface area contributed by atoms with E-state index in [0.29, 0.717) is 17.6 Å². The molecular formula is C16H20N2O3. The van der Waals surface area contributed by atoms with Crippen LogP contribution in [0, 0.1) is 5.92 Å². The number of hydrogen-bond donors (Lipinski definition) is 2. The molecule has 0 spiro atoms. The van der Waals surface area contributed by atoms with Gasteiger partial charge in [-0.05, 0) is 30.9 Å². The van der Waals surface area contributed by atoms with Gasteiger partial charge in [0.2, 0.25) is 0 Å². The molecule has 21 heavy (non-hydrogen) atoms. The summed E-state index contributed by atoms with van der Waals surface area (Å²) in [5.41, 5.74) is 1.05. The molecule has 5 nitrogen and oxygen atoms in total. The topological polar surface area (TPSA) is 75.1 Å². The van der Waals surface area contributed by atoms with Gasteiger partial charge >= 0.3 is 11.7 Å². The third-order valence-corrected chi connectivity index (χ3v) is 4.51. The van der Waals surface area contributed by atoms with E-state index >= 15 is 0 Å². The summed E-state index contributed by atoms with van der Waals surface area (Å²) in [6, 6.07) is 5.01. The summed E-state index contributed by atoms with van der Waals surface area (Å²) < 4.78 is 1.66. The quantitative estimate of drug-likeness (QED) is 0.888. The predicted octanol–water partition coefficient (Wildman–Crippen LogP) is 3.00. The Labute approximate surface area is 122 Å². The van der Waals surface area contributed by atoms with Crippen molar-refractivity contribution in [1.82, 2.24) is 9.55 Å². The van der Waals surface area contributed by atoms with E-state index in [1.807, 2.05) is 0 Å². The Morgan fingerprint density at radius 3 is 2.81 bits per heavy atom. The second kappa shape index (κ2) is 5.76. The molecule has 5 heteroatoms. The number of aromatic amines is 1. The van der Waals surface area contributed by atoms with Crippen molar-refractivity contribution in [2.24, 2.45) is 5.92 Å². The first-order chi connectivity index (χ1) is 10.2. The second-order valence-electron chi connectivity index (χ2n) is 5.88. The van der Waals surface area contributed by atoms with Crippen LogP contribution in [0.4, 0.5) is 0 Å². The van der Waals surface area contributed by atoms with Crippen molar-refractivity contribution < 1.29 is 9.90 Å². The number of carboxylic acid groups (broad SMARTS) is 1. The summed E-state index contributed by atoms with van der Waals surface area (Å²) >= 11 is 0. The van der Waals surface area contributed by atoms with Gasteiger partial charge < -0.3 is 10.1 Å². The number of rotatable bonds is 5. The van der Waals surface area contributed by atoms with Crippen molar-refractivity contribution in [3.63, 3.8) is 0 Å². The number of aromatic nitrogens is 2. The largest absolute Gasteiger partial charge is 0.478 e. The average molecular weight is 288 g/mol. The molecule has 1 aromatic carbocycles. The van der Waals surface area contributed by atoms with E-state index in [1.54, 1.807) is 16.7 Å². The zero-order chi connectivity index (χ0) is 14.8.